The number of carbonyl (C=O) groups excluding carboxylic acids is 1. The third-order valence-electron chi connectivity index (χ3n) is 2.60. The highest BCUT2D eigenvalue weighted by molar-refractivity contribution is 5.84. The van der Waals surface area contributed by atoms with Crippen LogP contribution in [0.1, 0.15) is 29.3 Å². The molecule has 0 aliphatic carbocycles. The summed E-state index contributed by atoms with van der Waals surface area (Å²) in [5, 5.41) is 9.22. The van der Waals surface area contributed by atoms with Crippen molar-refractivity contribution in [3.8, 4) is 0 Å². The molecule has 1 unspecified atom stereocenters. The van der Waals surface area contributed by atoms with Gasteiger partial charge in [-0.3, -0.25) is 4.79 Å². The van der Waals surface area contributed by atoms with E-state index in [1.54, 1.807) is 6.92 Å². The first-order chi connectivity index (χ1) is 7.54. The summed E-state index contributed by atoms with van der Waals surface area (Å²) >= 11 is 0. The molecule has 1 atom stereocenters. The molecule has 0 bridgehead atoms. The van der Waals surface area contributed by atoms with Gasteiger partial charge in [-0.15, -0.1) is 0 Å². The number of anilines is 1. The van der Waals surface area contributed by atoms with Gasteiger partial charge in [0.25, 0.3) is 0 Å². The van der Waals surface area contributed by atoms with Crippen LogP contribution in [0.5, 0.6) is 0 Å². The fourth-order valence-corrected chi connectivity index (χ4v) is 1.62. The van der Waals surface area contributed by atoms with Crippen molar-refractivity contribution in [1.29, 1.82) is 0 Å². The van der Waals surface area contributed by atoms with Gasteiger partial charge in [-0.05, 0) is 32.4 Å². The number of aldehydes is 1. The summed E-state index contributed by atoms with van der Waals surface area (Å²) in [6.45, 7) is 4.47. The Morgan fingerprint density at radius 3 is 2.75 bits per heavy atom. The van der Waals surface area contributed by atoms with E-state index in [9.17, 15) is 9.90 Å². The van der Waals surface area contributed by atoms with Crippen molar-refractivity contribution in [3.05, 3.63) is 29.3 Å². The summed E-state index contributed by atoms with van der Waals surface area (Å²) in [4.78, 5) is 12.9. The molecule has 0 saturated heterocycles. The van der Waals surface area contributed by atoms with E-state index >= 15 is 0 Å². The van der Waals surface area contributed by atoms with Crippen LogP contribution in [0.25, 0.3) is 0 Å². The number of aliphatic hydroxyl groups is 1. The van der Waals surface area contributed by atoms with E-state index in [2.05, 4.69) is 0 Å². The van der Waals surface area contributed by atoms with Crippen molar-refractivity contribution in [2.45, 2.75) is 26.4 Å². The Hall–Kier alpha value is -1.35. The molecule has 0 heterocycles. The third-order valence-corrected chi connectivity index (χ3v) is 2.60. The van der Waals surface area contributed by atoms with Gasteiger partial charge in [-0.1, -0.05) is 11.6 Å². The molecule has 0 radical (unpaired) electrons. The Labute approximate surface area is 96.7 Å². The summed E-state index contributed by atoms with van der Waals surface area (Å²) < 4.78 is 0. The van der Waals surface area contributed by atoms with Crippen LogP contribution in [0.4, 0.5) is 5.69 Å². The van der Waals surface area contributed by atoms with Gasteiger partial charge in [0.15, 0.2) is 6.29 Å². The quantitative estimate of drug-likeness (QED) is 0.773. The van der Waals surface area contributed by atoms with Crippen molar-refractivity contribution in [2.75, 3.05) is 18.5 Å². The molecule has 1 N–H and O–H groups in total. The maximum Gasteiger partial charge on any atom is 0.152 e. The molecule has 0 aliphatic rings. The number of carbonyl (C=O) groups is 1. The minimum atomic E-state index is -0.312. The highest BCUT2D eigenvalue weighted by Crippen LogP contribution is 2.19. The highest BCUT2D eigenvalue weighted by Gasteiger charge is 2.07. The van der Waals surface area contributed by atoms with E-state index < -0.39 is 0 Å². The number of nitrogens with zero attached hydrogens (tertiary/aromatic N) is 1. The fraction of sp³-hybridized carbons (Fsp3) is 0.462. The SMILES string of the molecule is Cc1ccc(N(C)CCC(C)O)c(C=O)c1. The van der Waals surface area contributed by atoms with Crippen LogP contribution in [-0.2, 0) is 0 Å². The zero-order chi connectivity index (χ0) is 12.1. The van der Waals surface area contributed by atoms with E-state index in [-0.39, 0.29) is 6.10 Å². The molecule has 0 aromatic heterocycles. The molecule has 3 nitrogen and oxygen atoms in total. The van der Waals surface area contributed by atoms with Crippen molar-refractivity contribution in [2.24, 2.45) is 0 Å². The number of aliphatic hydroxyl groups excluding tert-OH is 1. The van der Waals surface area contributed by atoms with E-state index in [1.807, 2.05) is 37.1 Å². The van der Waals surface area contributed by atoms with Crippen LogP contribution in [-0.4, -0.2) is 31.1 Å². The molecule has 0 fully saturated rings. The fourth-order valence-electron chi connectivity index (χ4n) is 1.62. The largest absolute Gasteiger partial charge is 0.393 e. The summed E-state index contributed by atoms with van der Waals surface area (Å²) in [6, 6.07) is 5.81. The molecule has 1 aromatic rings. The molecule has 1 rings (SSSR count). The van der Waals surface area contributed by atoms with Crippen molar-refractivity contribution >= 4 is 12.0 Å². The van der Waals surface area contributed by atoms with Crippen LogP contribution < -0.4 is 4.90 Å². The minimum Gasteiger partial charge on any atom is -0.393 e. The maximum absolute atomic E-state index is 10.9. The van der Waals surface area contributed by atoms with E-state index in [1.165, 1.54) is 0 Å². The number of rotatable bonds is 5. The summed E-state index contributed by atoms with van der Waals surface area (Å²) in [5.41, 5.74) is 2.70. The van der Waals surface area contributed by atoms with Crippen molar-refractivity contribution in [1.82, 2.24) is 0 Å². The average molecular weight is 221 g/mol. The van der Waals surface area contributed by atoms with Gasteiger partial charge < -0.3 is 10.0 Å². The standard InChI is InChI=1S/C13H19NO2/c1-10-4-5-13(12(8-10)9-15)14(3)7-6-11(2)16/h4-5,8-9,11,16H,6-7H2,1-3H3. The van der Waals surface area contributed by atoms with Crippen molar-refractivity contribution in [3.63, 3.8) is 0 Å². The van der Waals surface area contributed by atoms with Gasteiger partial charge in [0, 0.05) is 24.8 Å². The normalized spacial score (nSPS) is 12.2. The molecule has 0 amide bonds. The Morgan fingerprint density at radius 2 is 2.19 bits per heavy atom. The Bertz CT molecular complexity index is 361. The lowest BCUT2D eigenvalue weighted by Gasteiger charge is -2.21. The predicted octanol–water partition coefficient (Wildman–Crippen LogP) is 2.01. The first-order valence-corrected chi connectivity index (χ1v) is 5.49. The number of hydrogen-bond donors (Lipinski definition) is 1. The molecule has 88 valence electrons. The number of aryl methyl sites for hydroxylation is 1. The topological polar surface area (TPSA) is 40.5 Å². The van der Waals surface area contributed by atoms with E-state index in [4.69, 9.17) is 0 Å². The summed E-state index contributed by atoms with van der Waals surface area (Å²) in [5.74, 6) is 0. The molecular weight excluding hydrogens is 202 g/mol. The lowest BCUT2D eigenvalue weighted by Crippen LogP contribution is -2.22. The van der Waals surface area contributed by atoms with E-state index in [0.29, 0.717) is 12.0 Å². The number of hydrogen-bond acceptors (Lipinski definition) is 3. The average Bonchev–Trinajstić information content (AvgIpc) is 2.25. The van der Waals surface area contributed by atoms with Gasteiger partial charge in [0.1, 0.15) is 0 Å². The summed E-state index contributed by atoms with van der Waals surface area (Å²) in [6.07, 6.45) is 1.26. The zero-order valence-electron chi connectivity index (χ0n) is 10.1. The highest BCUT2D eigenvalue weighted by atomic mass is 16.3. The van der Waals surface area contributed by atoms with Gasteiger partial charge in [-0.2, -0.15) is 0 Å². The smallest absolute Gasteiger partial charge is 0.152 e. The molecule has 0 saturated carbocycles. The van der Waals surface area contributed by atoms with Gasteiger partial charge in [0.05, 0.1) is 6.10 Å². The second-order valence-electron chi connectivity index (χ2n) is 4.24. The monoisotopic (exact) mass is 221 g/mol. The van der Waals surface area contributed by atoms with Crippen LogP contribution in [0.3, 0.4) is 0 Å². The Kier molecular flexibility index (Phi) is 4.50. The summed E-state index contributed by atoms with van der Waals surface area (Å²) in [7, 11) is 1.93. The molecule has 0 aliphatic heterocycles. The molecular formula is C13H19NO2. The zero-order valence-corrected chi connectivity index (χ0v) is 10.1. The van der Waals surface area contributed by atoms with Crippen molar-refractivity contribution < 1.29 is 9.90 Å². The van der Waals surface area contributed by atoms with Crippen LogP contribution in [0.15, 0.2) is 18.2 Å². The number of benzene rings is 1. The molecule has 16 heavy (non-hydrogen) atoms. The Morgan fingerprint density at radius 1 is 1.50 bits per heavy atom. The first-order valence-electron chi connectivity index (χ1n) is 5.49. The maximum atomic E-state index is 10.9. The minimum absolute atomic E-state index is 0.312. The lowest BCUT2D eigenvalue weighted by molar-refractivity contribution is 0.112. The van der Waals surface area contributed by atoms with Crippen LogP contribution >= 0.6 is 0 Å². The lowest BCUT2D eigenvalue weighted by atomic mass is 10.1. The molecule has 3 heteroatoms. The third kappa shape index (κ3) is 3.35. The first kappa shape index (κ1) is 12.7. The van der Waals surface area contributed by atoms with Crippen LogP contribution in [0, 0.1) is 6.92 Å². The Balaban J connectivity index is 2.81. The van der Waals surface area contributed by atoms with Gasteiger partial charge in [0.2, 0.25) is 0 Å². The predicted molar refractivity (Wildman–Crippen MR) is 66.1 cm³/mol. The van der Waals surface area contributed by atoms with E-state index in [0.717, 1.165) is 24.1 Å². The molecule has 0 spiro atoms. The second kappa shape index (κ2) is 5.66. The van der Waals surface area contributed by atoms with Crippen LogP contribution in [0.2, 0.25) is 0 Å². The molecule has 1 aromatic carbocycles. The second-order valence-corrected chi connectivity index (χ2v) is 4.24. The van der Waals surface area contributed by atoms with Gasteiger partial charge in [-0.25, -0.2) is 0 Å². The van der Waals surface area contributed by atoms with Gasteiger partial charge >= 0.3 is 0 Å².